The first-order valence-corrected chi connectivity index (χ1v) is 8.36. The molecular weight excluding hydrogens is 377 g/mol. The van der Waals surface area contributed by atoms with E-state index in [1.807, 2.05) is 6.07 Å². The van der Waals surface area contributed by atoms with Crippen LogP contribution in [0.15, 0.2) is 48.0 Å². The zero-order valence-electron chi connectivity index (χ0n) is 14.0. The standard InChI is InChI=1S/C19H17Cl2NO4/c1-3-5-13-8-12(9-16(25-2)19(13)26-11-17(23)24)10-22-15-7-4-6-14(20)18(15)21/h3-4,6-10H,1,5,11H2,2H3,(H,23,24). The van der Waals surface area contributed by atoms with E-state index in [4.69, 9.17) is 37.8 Å². The molecule has 0 aromatic heterocycles. The van der Waals surface area contributed by atoms with Gasteiger partial charge >= 0.3 is 5.97 Å². The summed E-state index contributed by atoms with van der Waals surface area (Å²) in [5.41, 5.74) is 2.01. The topological polar surface area (TPSA) is 68.1 Å². The fourth-order valence-electron chi connectivity index (χ4n) is 2.25. The molecule has 0 bridgehead atoms. The molecule has 136 valence electrons. The lowest BCUT2D eigenvalue weighted by Crippen LogP contribution is -2.11. The predicted octanol–water partition coefficient (Wildman–Crippen LogP) is 4.94. The number of hydrogen-bond acceptors (Lipinski definition) is 4. The second-order valence-electron chi connectivity index (χ2n) is 5.22. The van der Waals surface area contributed by atoms with Gasteiger partial charge in [-0.25, -0.2) is 4.79 Å². The molecule has 7 heteroatoms. The Balaban J connectivity index is 2.41. The molecule has 2 rings (SSSR count). The van der Waals surface area contributed by atoms with Gasteiger partial charge in [0, 0.05) is 11.8 Å². The number of hydrogen-bond donors (Lipinski definition) is 1. The van der Waals surface area contributed by atoms with E-state index in [1.165, 1.54) is 7.11 Å². The zero-order valence-corrected chi connectivity index (χ0v) is 15.5. The number of rotatable bonds is 8. The number of allylic oxidation sites excluding steroid dienone is 1. The number of nitrogens with zero attached hydrogens (tertiary/aromatic N) is 1. The summed E-state index contributed by atoms with van der Waals surface area (Å²) in [6, 6.07) is 8.71. The van der Waals surface area contributed by atoms with Crippen LogP contribution < -0.4 is 9.47 Å². The molecule has 0 saturated carbocycles. The maximum atomic E-state index is 10.8. The van der Waals surface area contributed by atoms with Crippen molar-refractivity contribution in [2.24, 2.45) is 4.99 Å². The van der Waals surface area contributed by atoms with Crippen LogP contribution in [0.1, 0.15) is 11.1 Å². The lowest BCUT2D eigenvalue weighted by molar-refractivity contribution is -0.139. The molecule has 0 fully saturated rings. The first-order chi connectivity index (χ1) is 12.5. The largest absolute Gasteiger partial charge is 0.493 e. The molecule has 5 nitrogen and oxygen atoms in total. The number of ether oxygens (including phenoxy) is 2. The summed E-state index contributed by atoms with van der Waals surface area (Å²) in [5.74, 6) is -0.296. The van der Waals surface area contributed by atoms with Gasteiger partial charge in [-0.15, -0.1) is 6.58 Å². The molecule has 0 atom stereocenters. The van der Waals surface area contributed by atoms with Crippen LogP contribution in [0.3, 0.4) is 0 Å². The Morgan fingerprint density at radius 1 is 1.35 bits per heavy atom. The molecule has 0 spiro atoms. The van der Waals surface area contributed by atoms with E-state index < -0.39 is 12.6 Å². The van der Waals surface area contributed by atoms with E-state index in [9.17, 15) is 4.79 Å². The quantitative estimate of drug-likeness (QED) is 0.509. The average molecular weight is 394 g/mol. The molecular formula is C19H17Cl2NO4. The van der Waals surface area contributed by atoms with Gasteiger partial charge in [0.15, 0.2) is 18.1 Å². The van der Waals surface area contributed by atoms with E-state index >= 15 is 0 Å². The molecule has 0 aliphatic rings. The van der Waals surface area contributed by atoms with Gasteiger partial charge in [-0.3, -0.25) is 4.99 Å². The molecule has 2 aromatic carbocycles. The summed E-state index contributed by atoms with van der Waals surface area (Å²) in [5, 5.41) is 9.63. The molecule has 1 N–H and O–H groups in total. The summed E-state index contributed by atoms with van der Waals surface area (Å²) in [6.45, 7) is 3.25. The van der Waals surface area contributed by atoms with Crippen LogP contribution in [0.5, 0.6) is 11.5 Å². The summed E-state index contributed by atoms with van der Waals surface area (Å²) >= 11 is 12.1. The average Bonchev–Trinajstić information content (AvgIpc) is 2.61. The Kier molecular flexibility index (Phi) is 7.06. The van der Waals surface area contributed by atoms with E-state index in [0.29, 0.717) is 33.7 Å². The maximum Gasteiger partial charge on any atom is 0.341 e. The van der Waals surface area contributed by atoms with Crippen molar-refractivity contribution >= 4 is 41.1 Å². The number of methoxy groups -OCH3 is 1. The smallest absolute Gasteiger partial charge is 0.341 e. The normalized spacial score (nSPS) is 10.7. The van der Waals surface area contributed by atoms with Gasteiger partial charge in [0.1, 0.15) is 0 Å². The molecule has 2 aromatic rings. The van der Waals surface area contributed by atoms with Crippen LogP contribution in [-0.4, -0.2) is 31.0 Å². The van der Waals surface area contributed by atoms with E-state index in [0.717, 1.165) is 11.1 Å². The number of aliphatic carboxylic acids is 1. The van der Waals surface area contributed by atoms with Crippen LogP contribution in [0.2, 0.25) is 10.0 Å². The van der Waals surface area contributed by atoms with E-state index in [1.54, 1.807) is 36.6 Å². The van der Waals surface area contributed by atoms with E-state index in [-0.39, 0.29) is 0 Å². The highest BCUT2D eigenvalue weighted by molar-refractivity contribution is 6.43. The van der Waals surface area contributed by atoms with Crippen molar-refractivity contribution in [1.29, 1.82) is 0 Å². The Morgan fingerprint density at radius 3 is 2.77 bits per heavy atom. The van der Waals surface area contributed by atoms with Crippen LogP contribution in [0.25, 0.3) is 0 Å². The highest BCUT2D eigenvalue weighted by Crippen LogP contribution is 2.34. The molecule has 0 amide bonds. The van der Waals surface area contributed by atoms with Crippen LogP contribution >= 0.6 is 23.2 Å². The number of aliphatic imine (C=N–C) groups is 1. The third-order valence-electron chi connectivity index (χ3n) is 3.36. The molecule has 0 radical (unpaired) electrons. The van der Waals surface area contributed by atoms with Crippen molar-refractivity contribution in [3.05, 3.63) is 64.2 Å². The lowest BCUT2D eigenvalue weighted by atomic mass is 10.1. The van der Waals surface area contributed by atoms with Crippen molar-refractivity contribution < 1.29 is 19.4 Å². The van der Waals surface area contributed by atoms with Gasteiger partial charge < -0.3 is 14.6 Å². The Morgan fingerprint density at radius 2 is 2.12 bits per heavy atom. The van der Waals surface area contributed by atoms with Gasteiger partial charge in [-0.1, -0.05) is 35.3 Å². The van der Waals surface area contributed by atoms with Crippen molar-refractivity contribution in [2.75, 3.05) is 13.7 Å². The minimum absolute atomic E-state index is 0.366. The van der Waals surface area contributed by atoms with Crippen molar-refractivity contribution in [3.8, 4) is 11.5 Å². The van der Waals surface area contributed by atoms with Crippen LogP contribution in [0.4, 0.5) is 5.69 Å². The van der Waals surface area contributed by atoms with Gasteiger partial charge in [-0.05, 0) is 36.2 Å². The highest BCUT2D eigenvalue weighted by atomic mass is 35.5. The van der Waals surface area contributed by atoms with Gasteiger partial charge in [0.2, 0.25) is 0 Å². The third-order valence-corrected chi connectivity index (χ3v) is 4.17. The van der Waals surface area contributed by atoms with Crippen LogP contribution in [-0.2, 0) is 11.2 Å². The minimum Gasteiger partial charge on any atom is -0.493 e. The Bertz CT molecular complexity index is 850. The summed E-state index contributed by atoms with van der Waals surface area (Å²) in [6.07, 6.45) is 3.79. The van der Waals surface area contributed by atoms with Gasteiger partial charge in [-0.2, -0.15) is 0 Å². The summed E-state index contributed by atoms with van der Waals surface area (Å²) in [4.78, 5) is 15.2. The summed E-state index contributed by atoms with van der Waals surface area (Å²) in [7, 11) is 1.48. The van der Waals surface area contributed by atoms with Crippen LogP contribution in [0, 0.1) is 0 Å². The fraction of sp³-hybridized carbons (Fsp3) is 0.158. The third kappa shape index (κ3) is 5.00. The molecule has 0 aliphatic carbocycles. The predicted molar refractivity (Wildman–Crippen MR) is 104 cm³/mol. The first-order valence-electron chi connectivity index (χ1n) is 7.60. The Labute approximate surface area is 161 Å². The number of benzene rings is 2. The highest BCUT2D eigenvalue weighted by Gasteiger charge is 2.14. The SMILES string of the molecule is C=CCc1cc(C=Nc2cccc(Cl)c2Cl)cc(OC)c1OCC(=O)O. The monoisotopic (exact) mass is 393 g/mol. The molecule has 0 unspecified atom stereocenters. The Hall–Kier alpha value is -2.50. The zero-order chi connectivity index (χ0) is 19.1. The maximum absolute atomic E-state index is 10.8. The lowest BCUT2D eigenvalue weighted by Gasteiger charge is -2.14. The van der Waals surface area contributed by atoms with Crippen molar-refractivity contribution in [1.82, 2.24) is 0 Å². The number of carboxylic acids is 1. The molecule has 0 saturated heterocycles. The first kappa shape index (κ1) is 19.8. The van der Waals surface area contributed by atoms with Crippen molar-refractivity contribution in [2.45, 2.75) is 6.42 Å². The second kappa shape index (κ2) is 9.27. The van der Waals surface area contributed by atoms with Gasteiger partial charge in [0.05, 0.1) is 22.8 Å². The van der Waals surface area contributed by atoms with E-state index in [2.05, 4.69) is 11.6 Å². The molecule has 0 heterocycles. The second-order valence-corrected chi connectivity index (χ2v) is 6.00. The fourth-order valence-corrected chi connectivity index (χ4v) is 2.60. The molecule has 0 aliphatic heterocycles. The number of carbonyl (C=O) groups is 1. The van der Waals surface area contributed by atoms with Crippen molar-refractivity contribution in [3.63, 3.8) is 0 Å². The number of carboxylic acid groups (broad SMARTS) is 1. The minimum atomic E-state index is -1.07. The van der Waals surface area contributed by atoms with Gasteiger partial charge in [0.25, 0.3) is 0 Å². The molecule has 26 heavy (non-hydrogen) atoms. The summed E-state index contributed by atoms with van der Waals surface area (Å²) < 4.78 is 10.7. The number of halogens is 2.